The van der Waals surface area contributed by atoms with Crippen molar-refractivity contribution >= 4 is 22.9 Å². The van der Waals surface area contributed by atoms with E-state index >= 15 is 0 Å². The lowest BCUT2D eigenvalue weighted by Gasteiger charge is -2.09. The molecule has 1 heterocycles. The Balaban J connectivity index is 1.69. The molecule has 0 spiro atoms. The number of ether oxygens (including phenoxy) is 1. The minimum absolute atomic E-state index is 0.223. The predicted molar refractivity (Wildman–Crippen MR) is 115 cm³/mol. The Bertz CT molecular complexity index is 658. The van der Waals surface area contributed by atoms with Crippen molar-refractivity contribution < 1.29 is 14.3 Å². The molecule has 5 nitrogen and oxygen atoms in total. The van der Waals surface area contributed by atoms with Crippen LogP contribution in [0.1, 0.15) is 57.4 Å². The third-order valence-corrected chi connectivity index (χ3v) is 5.64. The summed E-state index contributed by atoms with van der Waals surface area (Å²) in [6.07, 6.45) is 10.9. The highest BCUT2D eigenvalue weighted by Crippen LogP contribution is 2.30. The van der Waals surface area contributed by atoms with Gasteiger partial charge in [-0.3, -0.25) is 14.5 Å². The minimum atomic E-state index is -0.228. The van der Waals surface area contributed by atoms with Crippen molar-refractivity contribution in [2.45, 2.75) is 58.3 Å². The number of amides is 2. The Kier molecular flexibility index (Phi) is 10.1. The lowest BCUT2D eigenvalue weighted by atomic mass is 10.1. The van der Waals surface area contributed by atoms with Crippen molar-refractivity contribution in [3.8, 4) is 5.75 Å². The number of carbonyl (C=O) groups excluding carboxylic acids is 2. The van der Waals surface area contributed by atoms with E-state index in [0.29, 0.717) is 11.4 Å². The molecule has 1 aromatic carbocycles. The number of carbonyl (C=O) groups is 2. The third kappa shape index (κ3) is 7.32. The number of nitrogens with zero attached hydrogens (tertiary/aromatic N) is 1. The number of imide groups is 1. The summed E-state index contributed by atoms with van der Waals surface area (Å²) in [4.78, 5) is 25.6. The van der Waals surface area contributed by atoms with Crippen LogP contribution >= 0.6 is 11.8 Å². The van der Waals surface area contributed by atoms with E-state index in [0.717, 1.165) is 43.4 Å². The number of thioether (sulfide) groups is 1. The van der Waals surface area contributed by atoms with E-state index in [1.54, 1.807) is 0 Å². The van der Waals surface area contributed by atoms with E-state index in [9.17, 15) is 9.59 Å². The van der Waals surface area contributed by atoms with Gasteiger partial charge in [0.25, 0.3) is 11.1 Å². The summed E-state index contributed by atoms with van der Waals surface area (Å²) in [6, 6.07) is 8.12. The molecule has 0 unspecified atom stereocenters. The first-order chi connectivity index (χ1) is 13.7. The largest absolute Gasteiger partial charge is 0.494 e. The topological polar surface area (TPSA) is 72.6 Å². The first-order valence-electron chi connectivity index (χ1n) is 10.3. The van der Waals surface area contributed by atoms with Crippen LogP contribution < -0.4 is 10.5 Å². The van der Waals surface area contributed by atoms with Gasteiger partial charge in [0.15, 0.2) is 0 Å². The van der Waals surface area contributed by atoms with Crippen molar-refractivity contribution in [1.82, 2.24) is 4.90 Å². The van der Waals surface area contributed by atoms with E-state index in [-0.39, 0.29) is 17.7 Å². The summed E-state index contributed by atoms with van der Waals surface area (Å²) in [7, 11) is 0. The Morgan fingerprint density at radius 1 is 1.07 bits per heavy atom. The quantitative estimate of drug-likeness (QED) is 0.374. The zero-order valence-electron chi connectivity index (χ0n) is 16.8. The van der Waals surface area contributed by atoms with Crippen LogP contribution in [0.15, 0.2) is 35.2 Å². The molecule has 1 aliphatic rings. The van der Waals surface area contributed by atoms with Crippen molar-refractivity contribution in [2.24, 2.45) is 5.73 Å². The SMILES string of the molecule is CCCCCCCCOc1ccc(CCC=C2SC(=O)N(CCN)C2=O)cc1. The van der Waals surface area contributed by atoms with Gasteiger partial charge in [0.05, 0.1) is 11.5 Å². The number of nitrogens with two attached hydrogens (primary N) is 1. The van der Waals surface area contributed by atoms with Crippen LogP contribution in [-0.4, -0.2) is 35.7 Å². The van der Waals surface area contributed by atoms with Crippen LogP contribution in [0.3, 0.4) is 0 Å². The van der Waals surface area contributed by atoms with E-state index in [2.05, 4.69) is 19.1 Å². The maximum Gasteiger partial charge on any atom is 0.293 e. The molecule has 2 N–H and O–H groups in total. The second-order valence-electron chi connectivity index (χ2n) is 6.98. The van der Waals surface area contributed by atoms with E-state index < -0.39 is 0 Å². The van der Waals surface area contributed by atoms with Crippen LogP contribution in [-0.2, 0) is 11.2 Å². The van der Waals surface area contributed by atoms with Gasteiger partial charge in [0.1, 0.15) is 5.75 Å². The van der Waals surface area contributed by atoms with Gasteiger partial charge in [0, 0.05) is 13.1 Å². The molecule has 0 radical (unpaired) electrons. The molecule has 0 bridgehead atoms. The fourth-order valence-corrected chi connectivity index (χ4v) is 3.93. The molecule has 0 aliphatic carbocycles. The molecule has 1 fully saturated rings. The number of aryl methyl sites for hydroxylation is 1. The zero-order valence-corrected chi connectivity index (χ0v) is 17.6. The highest BCUT2D eigenvalue weighted by atomic mass is 32.2. The molecule has 1 saturated heterocycles. The maximum atomic E-state index is 12.1. The summed E-state index contributed by atoms with van der Waals surface area (Å²) in [5, 5.41) is -0.228. The van der Waals surface area contributed by atoms with E-state index in [4.69, 9.17) is 10.5 Å². The zero-order chi connectivity index (χ0) is 20.2. The highest BCUT2D eigenvalue weighted by molar-refractivity contribution is 8.18. The molecular weight excluding hydrogens is 372 g/mol. The number of rotatable bonds is 13. The van der Waals surface area contributed by atoms with Gasteiger partial charge >= 0.3 is 0 Å². The van der Waals surface area contributed by atoms with Gasteiger partial charge in [-0.15, -0.1) is 0 Å². The van der Waals surface area contributed by atoms with Crippen LogP contribution in [0.4, 0.5) is 4.79 Å². The molecule has 2 amide bonds. The summed E-state index contributed by atoms with van der Waals surface area (Å²) >= 11 is 0.999. The molecule has 0 saturated carbocycles. The second kappa shape index (κ2) is 12.6. The van der Waals surface area contributed by atoms with Crippen LogP contribution in [0, 0.1) is 0 Å². The minimum Gasteiger partial charge on any atom is -0.494 e. The molecule has 28 heavy (non-hydrogen) atoms. The third-order valence-electron chi connectivity index (χ3n) is 4.68. The Hall–Kier alpha value is -1.79. The van der Waals surface area contributed by atoms with Gasteiger partial charge in [-0.25, -0.2) is 0 Å². The average Bonchev–Trinajstić information content (AvgIpc) is 2.96. The number of benzene rings is 1. The van der Waals surface area contributed by atoms with Crippen molar-refractivity contribution in [3.63, 3.8) is 0 Å². The smallest absolute Gasteiger partial charge is 0.293 e. The normalized spacial score (nSPS) is 15.6. The number of hydrogen-bond donors (Lipinski definition) is 1. The molecule has 154 valence electrons. The Morgan fingerprint density at radius 3 is 2.50 bits per heavy atom. The summed E-state index contributed by atoms with van der Waals surface area (Å²) in [5.74, 6) is 0.680. The van der Waals surface area contributed by atoms with Crippen LogP contribution in [0.25, 0.3) is 0 Å². The van der Waals surface area contributed by atoms with Gasteiger partial charge in [-0.05, 0) is 48.7 Å². The Labute approximate surface area is 172 Å². The fraction of sp³-hybridized carbons (Fsp3) is 0.545. The predicted octanol–water partition coefficient (Wildman–Crippen LogP) is 4.90. The summed E-state index contributed by atoms with van der Waals surface area (Å²) < 4.78 is 5.80. The molecule has 0 atom stereocenters. The summed E-state index contributed by atoms with van der Waals surface area (Å²) in [5.41, 5.74) is 6.63. The molecule has 0 aromatic heterocycles. The molecule has 1 aromatic rings. The molecule has 1 aliphatic heterocycles. The van der Waals surface area contributed by atoms with Crippen LogP contribution in [0.2, 0.25) is 0 Å². The lowest BCUT2D eigenvalue weighted by Crippen LogP contribution is -2.33. The first kappa shape index (κ1) is 22.5. The second-order valence-corrected chi connectivity index (χ2v) is 7.97. The van der Waals surface area contributed by atoms with E-state index in [1.165, 1.54) is 42.6 Å². The first-order valence-corrected chi connectivity index (χ1v) is 11.1. The number of allylic oxidation sites excluding steroid dienone is 1. The lowest BCUT2D eigenvalue weighted by molar-refractivity contribution is -0.122. The van der Waals surface area contributed by atoms with Crippen molar-refractivity contribution in [1.29, 1.82) is 0 Å². The summed E-state index contributed by atoms with van der Waals surface area (Å²) in [6.45, 7) is 3.57. The number of unbranched alkanes of at least 4 members (excludes halogenated alkanes) is 5. The van der Waals surface area contributed by atoms with Crippen molar-refractivity contribution in [2.75, 3.05) is 19.7 Å². The monoisotopic (exact) mass is 404 g/mol. The molecular formula is C22H32N2O3S. The fourth-order valence-electron chi connectivity index (χ4n) is 3.05. The van der Waals surface area contributed by atoms with Gasteiger partial charge in [-0.1, -0.05) is 57.2 Å². The maximum absolute atomic E-state index is 12.1. The van der Waals surface area contributed by atoms with Crippen LogP contribution in [0.5, 0.6) is 5.75 Å². The average molecular weight is 405 g/mol. The number of hydrogen-bond acceptors (Lipinski definition) is 5. The van der Waals surface area contributed by atoms with Gasteiger partial charge in [0.2, 0.25) is 0 Å². The molecule has 2 rings (SSSR count). The van der Waals surface area contributed by atoms with Crippen molar-refractivity contribution in [3.05, 3.63) is 40.8 Å². The molecule has 6 heteroatoms. The highest BCUT2D eigenvalue weighted by Gasteiger charge is 2.33. The van der Waals surface area contributed by atoms with Gasteiger partial charge < -0.3 is 10.5 Å². The van der Waals surface area contributed by atoms with E-state index in [1.807, 2.05) is 18.2 Å². The van der Waals surface area contributed by atoms with Gasteiger partial charge in [-0.2, -0.15) is 0 Å². The standard InChI is InChI=1S/C22H32N2O3S/c1-2-3-4-5-6-7-17-27-19-13-11-18(12-14-19)9-8-10-20-21(25)24(16-15-23)22(26)28-20/h10-14H,2-9,15-17,23H2,1H3. The Morgan fingerprint density at radius 2 is 1.79 bits per heavy atom.